The molecular weight excluding hydrogens is 290 g/mol. The summed E-state index contributed by atoms with van der Waals surface area (Å²) < 4.78 is 58.4. The van der Waals surface area contributed by atoms with Crippen LogP contribution < -0.4 is 5.73 Å². The van der Waals surface area contributed by atoms with Crippen molar-refractivity contribution in [3.63, 3.8) is 0 Å². The van der Waals surface area contributed by atoms with Crippen molar-refractivity contribution < 1.29 is 21.9 Å². The van der Waals surface area contributed by atoms with E-state index >= 15 is 0 Å². The molecule has 1 heterocycles. The number of benzene rings is 1. The van der Waals surface area contributed by atoms with Gasteiger partial charge >= 0.3 is 0 Å². The standard InChI is InChI=1S/C12H16F2N2O3S/c1-8-7-16(2-3-19-8)20(17,18)11-5-9(6-15)4-10(13)12(11)14/h4-5,8H,2-3,6-7,15H2,1H3. The Morgan fingerprint density at radius 2 is 2.15 bits per heavy atom. The second kappa shape index (κ2) is 5.72. The largest absolute Gasteiger partial charge is 0.376 e. The van der Waals surface area contributed by atoms with Crippen LogP contribution in [0, 0.1) is 11.6 Å². The van der Waals surface area contributed by atoms with E-state index in [2.05, 4.69) is 0 Å². The van der Waals surface area contributed by atoms with Crippen molar-refractivity contribution in [2.75, 3.05) is 19.7 Å². The molecule has 0 bridgehead atoms. The van der Waals surface area contributed by atoms with Crippen LogP contribution in [0.5, 0.6) is 0 Å². The molecule has 1 fully saturated rings. The molecule has 112 valence electrons. The Kier molecular flexibility index (Phi) is 4.38. The van der Waals surface area contributed by atoms with Crippen LogP contribution in [-0.4, -0.2) is 38.5 Å². The molecule has 1 aliphatic rings. The molecule has 1 unspecified atom stereocenters. The Bertz CT molecular complexity index is 607. The first-order valence-electron chi connectivity index (χ1n) is 6.16. The number of nitrogens with zero attached hydrogens (tertiary/aromatic N) is 1. The summed E-state index contributed by atoms with van der Waals surface area (Å²) in [5.74, 6) is -2.59. The summed E-state index contributed by atoms with van der Waals surface area (Å²) in [6.07, 6.45) is -0.288. The summed E-state index contributed by atoms with van der Waals surface area (Å²) in [5, 5.41) is 0. The van der Waals surface area contributed by atoms with Gasteiger partial charge in [-0.2, -0.15) is 4.31 Å². The number of sulfonamides is 1. The maximum atomic E-state index is 13.8. The monoisotopic (exact) mass is 306 g/mol. The molecule has 1 saturated heterocycles. The van der Waals surface area contributed by atoms with Crippen molar-refractivity contribution in [3.8, 4) is 0 Å². The number of rotatable bonds is 3. The molecule has 0 amide bonds. The van der Waals surface area contributed by atoms with Crippen molar-refractivity contribution >= 4 is 10.0 Å². The van der Waals surface area contributed by atoms with Crippen LogP contribution in [0.1, 0.15) is 12.5 Å². The molecule has 1 aromatic rings. The van der Waals surface area contributed by atoms with E-state index in [1.165, 1.54) is 0 Å². The van der Waals surface area contributed by atoms with Crippen molar-refractivity contribution in [1.82, 2.24) is 4.31 Å². The molecule has 0 spiro atoms. The van der Waals surface area contributed by atoms with E-state index in [1.54, 1.807) is 6.92 Å². The van der Waals surface area contributed by atoms with Crippen LogP contribution in [0.2, 0.25) is 0 Å². The molecule has 1 atom stereocenters. The van der Waals surface area contributed by atoms with Crippen molar-refractivity contribution in [3.05, 3.63) is 29.3 Å². The molecule has 0 aromatic heterocycles. The lowest BCUT2D eigenvalue weighted by Gasteiger charge is -2.30. The smallest absolute Gasteiger partial charge is 0.246 e. The van der Waals surface area contributed by atoms with Crippen molar-refractivity contribution in [2.45, 2.75) is 24.5 Å². The van der Waals surface area contributed by atoms with Crippen LogP contribution >= 0.6 is 0 Å². The predicted octanol–water partition coefficient (Wildman–Crippen LogP) is 0.833. The summed E-state index contributed by atoms with van der Waals surface area (Å²) in [4.78, 5) is -0.674. The molecule has 2 N–H and O–H groups in total. The van der Waals surface area contributed by atoms with E-state index in [0.29, 0.717) is 0 Å². The molecule has 0 radical (unpaired) electrons. The Labute approximate surface area is 116 Å². The minimum absolute atomic E-state index is 0.0702. The van der Waals surface area contributed by atoms with E-state index in [4.69, 9.17) is 10.5 Å². The molecule has 20 heavy (non-hydrogen) atoms. The zero-order valence-corrected chi connectivity index (χ0v) is 11.8. The van der Waals surface area contributed by atoms with Crippen LogP contribution in [0.3, 0.4) is 0 Å². The molecular formula is C12H16F2N2O3S. The Balaban J connectivity index is 2.46. The zero-order valence-electron chi connectivity index (χ0n) is 11.0. The maximum absolute atomic E-state index is 13.8. The van der Waals surface area contributed by atoms with Crippen LogP contribution in [0.25, 0.3) is 0 Å². The van der Waals surface area contributed by atoms with Gasteiger partial charge in [0.15, 0.2) is 11.6 Å². The predicted molar refractivity (Wildman–Crippen MR) is 68.4 cm³/mol. The van der Waals surface area contributed by atoms with Crippen LogP contribution in [0.15, 0.2) is 17.0 Å². The van der Waals surface area contributed by atoms with Gasteiger partial charge in [-0.3, -0.25) is 0 Å². The fourth-order valence-corrected chi connectivity index (χ4v) is 3.69. The highest BCUT2D eigenvalue weighted by Crippen LogP contribution is 2.24. The highest BCUT2D eigenvalue weighted by atomic mass is 32.2. The fraction of sp³-hybridized carbons (Fsp3) is 0.500. The lowest BCUT2D eigenvalue weighted by molar-refractivity contribution is 0.0101. The number of nitrogens with two attached hydrogens (primary N) is 1. The number of hydrogen-bond acceptors (Lipinski definition) is 4. The highest BCUT2D eigenvalue weighted by Gasteiger charge is 2.32. The molecule has 1 aromatic carbocycles. The number of hydrogen-bond donors (Lipinski definition) is 1. The van der Waals surface area contributed by atoms with Gasteiger partial charge in [-0.1, -0.05) is 0 Å². The summed E-state index contributed by atoms with van der Waals surface area (Å²) in [7, 11) is -4.10. The van der Waals surface area contributed by atoms with Gasteiger partial charge in [0.1, 0.15) is 4.90 Å². The first kappa shape index (κ1) is 15.3. The van der Waals surface area contributed by atoms with Gasteiger partial charge in [0.05, 0.1) is 12.7 Å². The van der Waals surface area contributed by atoms with Crippen LogP contribution in [0.4, 0.5) is 8.78 Å². The molecule has 1 aliphatic heterocycles. The maximum Gasteiger partial charge on any atom is 0.246 e. The number of ether oxygens (including phenoxy) is 1. The fourth-order valence-electron chi connectivity index (χ4n) is 2.07. The normalized spacial score (nSPS) is 21.1. The van der Waals surface area contributed by atoms with Gasteiger partial charge in [-0.25, -0.2) is 17.2 Å². The molecule has 0 aliphatic carbocycles. The summed E-state index contributed by atoms with van der Waals surface area (Å²) in [6.45, 7) is 2.09. The molecule has 2 rings (SSSR count). The zero-order chi connectivity index (χ0) is 14.9. The second-order valence-electron chi connectivity index (χ2n) is 4.64. The summed E-state index contributed by atoms with van der Waals surface area (Å²) in [5.41, 5.74) is 5.59. The lowest BCUT2D eigenvalue weighted by atomic mass is 10.2. The molecule has 8 heteroatoms. The van der Waals surface area contributed by atoms with Gasteiger partial charge in [0.25, 0.3) is 0 Å². The SMILES string of the molecule is CC1CN(S(=O)(=O)c2cc(CN)cc(F)c2F)CCO1. The van der Waals surface area contributed by atoms with E-state index in [9.17, 15) is 17.2 Å². The van der Waals surface area contributed by atoms with Crippen molar-refractivity contribution in [1.29, 1.82) is 0 Å². The quantitative estimate of drug-likeness (QED) is 0.898. The molecule has 5 nitrogen and oxygen atoms in total. The Morgan fingerprint density at radius 3 is 2.75 bits per heavy atom. The van der Waals surface area contributed by atoms with Gasteiger partial charge in [-0.05, 0) is 24.6 Å². The summed E-state index contributed by atoms with van der Waals surface area (Å²) >= 11 is 0. The Hall–Kier alpha value is -1.09. The van der Waals surface area contributed by atoms with Gasteiger partial charge < -0.3 is 10.5 Å². The minimum atomic E-state index is -4.10. The average molecular weight is 306 g/mol. The van der Waals surface area contributed by atoms with E-state index in [-0.39, 0.29) is 37.9 Å². The van der Waals surface area contributed by atoms with E-state index < -0.39 is 26.6 Å². The van der Waals surface area contributed by atoms with Gasteiger partial charge in [-0.15, -0.1) is 0 Å². The summed E-state index contributed by atoms with van der Waals surface area (Å²) in [6, 6.07) is 1.98. The second-order valence-corrected chi connectivity index (χ2v) is 6.54. The Morgan fingerprint density at radius 1 is 1.45 bits per heavy atom. The average Bonchev–Trinajstić information content (AvgIpc) is 2.41. The van der Waals surface area contributed by atoms with E-state index in [1.807, 2.05) is 0 Å². The third-order valence-corrected chi connectivity index (χ3v) is 4.98. The molecule has 0 saturated carbocycles. The van der Waals surface area contributed by atoms with Crippen molar-refractivity contribution in [2.24, 2.45) is 5.73 Å². The lowest BCUT2D eigenvalue weighted by Crippen LogP contribution is -2.44. The number of morpholine rings is 1. The van der Waals surface area contributed by atoms with Crippen LogP contribution in [-0.2, 0) is 21.3 Å². The third kappa shape index (κ3) is 2.83. The van der Waals surface area contributed by atoms with E-state index in [0.717, 1.165) is 16.4 Å². The topological polar surface area (TPSA) is 72.6 Å². The minimum Gasteiger partial charge on any atom is -0.376 e. The van der Waals surface area contributed by atoms with Gasteiger partial charge in [0.2, 0.25) is 10.0 Å². The third-order valence-electron chi connectivity index (χ3n) is 3.11. The first-order valence-corrected chi connectivity index (χ1v) is 7.60. The first-order chi connectivity index (χ1) is 9.36. The number of halogens is 2. The van der Waals surface area contributed by atoms with Gasteiger partial charge in [0, 0.05) is 19.6 Å². The highest BCUT2D eigenvalue weighted by molar-refractivity contribution is 7.89.